The van der Waals surface area contributed by atoms with Crippen LogP contribution in [-0.4, -0.2) is 41.0 Å². The summed E-state index contributed by atoms with van der Waals surface area (Å²) >= 11 is 0. The summed E-state index contributed by atoms with van der Waals surface area (Å²) in [4.78, 5) is 34.5. The molecular formula is C12H13N3O5. The van der Waals surface area contributed by atoms with Gasteiger partial charge in [-0.3, -0.25) is 14.9 Å². The van der Waals surface area contributed by atoms with Crippen LogP contribution in [0.5, 0.6) is 0 Å². The molecule has 1 fully saturated rings. The third-order valence-electron chi connectivity index (χ3n) is 3.24. The number of nitro benzene ring substituents is 1. The van der Waals surface area contributed by atoms with E-state index in [9.17, 15) is 19.7 Å². The van der Waals surface area contributed by atoms with Crippen molar-refractivity contribution in [1.82, 2.24) is 5.32 Å². The van der Waals surface area contributed by atoms with Crippen molar-refractivity contribution < 1.29 is 19.6 Å². The van der Waals surface area contributed by atoms with Crippen molar-refractivity contribution in [2.75, 3.05) is 18.0 Å². The Morgan fingerprint density at radius 3 is 2.85 bits per heavy atom. The zero-order valence-electron chi connectivity index (χ0n) is 10.7. The highest BCUT2D eigenvalue weighted by atomic mass is 16.6. The summed E-state index contributed by atoms with van der Waals surface area (Å²) in [6.07, 6.45) is 0. The van der Waals surface area contributed by atoms with Crippen LogP contribution in [0, 0.1) is 10.1 Å². The minimum atomic E-state index is -1.37. The molecule has 2 N–H and O–H groups in total. The lowest BCUT2D eigenvalue weighted by atomic mass is 10.1. The summed E-state index contributed by atoms with van der Waals surface area (Å²) in [7, 11) is 0. The molecule has 0 saturated carbocycles. The fourth-order valence-electron chi connectivity index (χ4n) is 2.17. The Morgan fingerprint density at radius 1 is 1.55 bits per heavy atom. The number of hydrogen-bond donors (Lipinski definition) is 2. The predicted molar refractivity (Wildman–Crippen MR) is 69.9 cm³/mol. The van der Waals surface area contributed by atoms with Gasteiger partial charge in [0, 0.05) is 24.8 Å². The van der Waals surface area contributed by atoms with Crippen LogP contribution < -0.4 is 10.2 Å². The number of piperazine rings is 1. The molecule has 1 heterocycles. The number of nitrogens with one attached hydrogen (secondary N) is 1. The van der Waals surface area contributed by atoms with Crippen molar-refractivity contribution in [2.45, 2.75) is 13.0 Å². The van der Waals surface area contributed by atoms with Gasteiger partial charge in [-0.1, -0.05) is 0 Å². The number of aromatic carboxylic acids is 1. The quantitative estimate of drug-likeness (QED) is 0.619. The molecule has 8 nitrogen and oxygen atoms in total. The summed E-state index contributed by atoms with van der Waals surface area (Å²) in [5.41, 5.74) is -0.364. The van der Waals surface area contributed by atoms with E-state index >= 15 is 0 Å². The first-order chi connectivity index (χ1) is 9.41. The second-order valence-electron chi connectivity index (χ2n) is 4.42. The molecule has 1 atom stereocenters. The highest BCUT2D eigenvalue weighted by Gasteiger charge is 2.28. The molecule has 8 heteroatoms. The molecule has 0 radical (unpaired) electrons. The summed E-state index contributed by atoms with van der Waals surface area (Å²) in [5, 5.41) is 22.5. The number of carbonyl (C=O) groups is 2. The molecule has 2 rings (SSSR count). The standard InChI is InChI=1S/C12H13N3O5/c1-7-11(16)13-4-5-14(7)8-2-3-10(15(19)20)9(6-8)12(17)18/h2-3,6-7H,4-5H2,1H3,(H,13,16)(H,17,18). The van der Waals surface area contributed by atoms with E-state index in [0.29, 0.717) is 18.8 Å². The van der Waals surface area contributed by atoms with Crippen LogP contribution in [0.2, 0.25) is 0 Å². The fourth-order valence-corrected chi connectivity index (χ4v) is 2.17. The summed E-state index contributed by atoms with van der Waals surface area (Å²) < 4.78 is 0. The number of rotatable bonds is 3. The third kappa shape index (κ3) is 2.40. The molecule has 1 aliphatic rings. The Balaban J connectivity index is 2.43. The van der Waals surface area contributed by atoms with Crippen LogP contribution in [0.4, 0.5) is 11.4 Å². The Kier molecular flexibility index (Phi) is 3.55. The van der Waals surface area contributed by atoms with Gasteiger partial charge in [0.2, 0.25) is 5.91 Å². The first kappa shape index (κ1) is 13.8. The molecular weight excluding hydrogens is 266 g/mol. The number of carboxylic acid groups (broad SMARTS) is 1. The van der Waals surface area contributed by atoms with E-state index in [1.165, 1.54) is 12.1 Å². The Hall–Kier alpha value is -2.64. The number of hydrogen-bond acceptors (Lipinski definition) is 5. The van der Waals surface area contributed by atoms with E-state index in [0.717, 1.165) is 6.07 Å². The van der Waals surface area contributed by atoms with Crippen molar-refractivity contribution in [3.05, 3.63) is 33.9 Å². The Labute approximate surface area is 114 Å². The number of nitro groups is 1. The molecule has 1 amide bonds. The van der Waals surface area contributed by atoms with Crippen LogP contribution >= 0.6 is 0 Å². The van der Waals surface area contributed by atoms with E-state index < -0.39 is 22.6 Å². The predicted octanol–water partition coefficient (Wildman–Crippen LogP) is 0.618. The van der Waals surface area contributed by atoms with Gasteiger partial charge in [0.05, 0.1) is 4.92 Å². The van der Waals surface area contributed by atoms with Gasteiger partial charge >= 0.3 is 5.97 Å². The molecule has 0 bridgehead atoms. The average Bonchev–Trinajstić information content (AvgIpc) is 2.41. The van der Waals surface area contributed by atoms with Crippen LogP contribution in [0.15, 0.2) is 18.2 Å². The molecule has 0 aliphatic carbocycles. The normalized spacial score (nSPS) is 18.6. The third-order valence-corrected chi connectivity index (χ3v) is 3.24. The smallest absolute Gasteiger partial charge is 0.342 e. The molecule has 20 heavy (non-hydrogen) atoms. The van der Waals surface area contributed by atoms with Gasteiger partial charge in [-0.15, -0.1) is 0 Å². The lowest BCUT2D eigenvalue weighted by Gasteiger charge is -2.34. The molecule has 106 valence electrons. The van der Waals surface area contributed by atoms with Gasteiger partial charge in [-0.2, -0.15) is 0 Å². The summed E-state index contributed by atoms with van der Waals surface area (Å²) in [6, 6.07) is 3.39. The minimum absolute atomic E-state index is 0.161. The van der Waals surface area contributed by atoms with Crippen molar-refractivity contribution in [3.63, 3.8) is 0 Å². The second-order valence-corrected chi connectivity index (χ2v) is 4.42. The number of amides is 1. The molecule has 1 aliphatic heterocycles. The van der Waals surface area contributed by atoms with Crippen molar-refractivity contribution >= 4 is 23.3 Å². The van der Waals surface area contributed by atoms with E-state index in [2.05, 4.69) is 5.32 Å². The summed E-state index contributed by atoms with van der Waals surface area (Å²) in [6.45, 7) is 2.66. The van der Waals surface area contributed by atoms with Gasteiger partial charge in [-0.25, -0.2) is 4.79 Å². The number of benzene rings is 1. The zero-order chi connectivity index (χ0) is 14.9. The fraction of sp³-hybridized carbons (Fsp3) is 0.333. The van der Waals surface area contributed by atoms with Gasteiger partial charge < -0.3 is 15.3 Å². The van der Waals surface area contributed by atoms with Crippen molar-refractivity contribution in [2.24, 2.45) is 0 Å². The SMILES string of the molecule is CC1C(=O)NCCN1c1ccc([N+](=O)[O-])c(C(=O)O)c1. The highest BCUT2D eigenvalue weighted by Crippen LogP contribution is 2.26. The second kappa shape index (κ2) is 5.16. The number of anilines is 1. The van der Waals surface area contributed by atoms with Crippen LogP contribution in [-0.2, 0) is 4.79 Å². The first-order valence-corrected chi connectivity index (χ1v) is 5.98. The maximum atomic E-state index is 11.6. The van der Waals surface area contributed by atoms with E-state index in [-0.39, 0.29) is 11.5 Å². The summed E-state index contributed by atoms with van der Waals surface area (Å²) in [5.74, 6) is -1.53. The van der Waals surface area contributed by atoms with E-state index in [1.807, 2.05) is 0 Å². The monoisotopic (exact) mass is 279 g/mol. The largest absolute Gasteiger partial charge is 0.477 e. The van der Waals surface area contributed by atoms with E-state index in [4.69, 9.17) is 5.11 Å². The molecule has 1 unspecified atom stereocenters. The van der Waals surface area contributed by atoms with Crippen molar-refractivity contribution in [3.8, 4) is 0 Å². The highest BCUT2D eigenvalue weighted by molar-refractivity contribution is 5.94. The molecule has 0 spiro atoms. The lowest BCUT2D eigenvalue weighted by molar-refractivity contribution is -0.385. The minimum Gasteiger partial charge on any atom is -0.477 e. The van der Waals surface area contributed by atoms with Gasteiger partial charge in [0.15, 0.2) is 0 Å². The average molecular weight is 279 g/mol. The first-order valence-electron chi connectivity index (χ1n) is 5.98. The Bertz CT molecular complexity index is 586. The topological polar surface area (TPSA) is 113 Å². The Morgan fingerprint density at radius 2 is 2.25 bits per heavy atom. The van der Waals surface area contributed by atoms with Crippen LogP contribution in [0.25, 0.3) is 0 Å². The van der Waals surface area contributed by atoms with Crippen LogP contribution in [0.1, 0.15) is 17.3 Å². The number of carboxylic acids is 1. The molecule has 1 saturated heterocycles. The molecule has 1 aromatic rings. The van der Waals surface area contributed by atoms with Crippen molar-refractivity contribution in [1.29, 1.82) is 0 Å². The van der Waals surface area contributed by atoms with E-state index in [1.54, 1.807) is 11.8 Å². The van der Waals surface area contributed by atoms with Gasteiger partial charge in [0.1, 0.15) is 11.6 Å². The number of nitrogens with zero attached hydrogens (tertiary/aromatic N) is 2. The number of carbonyl (C=O) groups excluding carboxylic acids is 1. The molecule has 0 aromatic heterocycles. The molecule has 1 aromatic carbocycles. The zero-order valence-corrected chi connectivity index (χ0v) is 10.7. The van der Waals surface area contributed by atoms with Gasteiger partial charge in [-0.05, 0) is 19.1 Å². The lowest BCUT2D eigenvalue weighted by Crippen LogP contribution is -2.54. The van der Waals surface area contributed by atoms with Gasteiger partial charge in [0.25, 0.3) is 5.69 Å². The maximum absolute atomic E-state index is 11.6. The maximum Gasteiger partial charge on any atom is 0.342 e. The van der Waals surface area contributed by atoms with Crippen LogP contribution in [0.3, 0.4) is 0 Å².